The van der Waals surface area contributed by atoms with E-state index in [0.717, 1.165) is 6.61 Å². The Morgan fingerprint density at radius 3 is 3.08 bits per heavy atom. The van der Waals surface area contributed by atoms with Gasteiger partial charge in [0.1, 0.15) is 0 Å². The van der Waals surface area contributed by atoms with E-state index in [1.165, 1.54) is 25.7 Å². The van der Waals surface area contributed by atoms with Crippen molar-refractivity contribution >= 4 is 8.60 Å². The van der Waals surface area contributed by atoms with Gasteiger partial charge < -0.3 is 13.6 Å². The van der Waals surface area contributed by atoms with Gasteiger partial charge in [0.25, 0.3) is 0 Å². The molecule has 0 aromatic heterocycles. The highest BCUT2D eigenvalue weighted by Gasteiger charge is 2.34. The predicted molar refractivity (Wildman–Crippen MR) is 51.3 cm³/mol. The molecule has 2 rings (SSSR count). The van der Waals surface area contributed by atoms with Crippen LogP contribution in [0.2, 0.25) is 0 Å². The van der Waals surface area contributed by atoms with Gasteiger partial charge in [0, 0.05) is 5.92 Å². The summed E-state index contributed by atoms with van der Waals surface area (Å²) < 4.78 is 16.6. The lowest BCUT2D eigenvalue weighted by atomic mass is 9.87. The molecule has 2 fully saturated rings. The molecule has 1 saturated carbocycles. The van der Waals surface area contributed by atoms with Crippen LogP contribution in [0.25, 0.3) is 0 Å². The van der Waals surface area contributed by atoms with Crippen molar-refractivity contribution in [2.45, 2.75) is 38.7 Å². The van der Waals surface area contributed by atoms with Crippen LogP contribution in [0.3, 0.4) is 0 Å². The molecule has 13 heavy (non-hydrogen) atoms. The zero-order valence-corrected chi connectivity index (χ0v) is 8.96. The second-order valence-corrected chi connectivity index (χ2v) is 4.80. The number of hydrogen-bond acceptors (Lipinski definition) is 3. The van der Waals surface area contributed by atoms with Crippen LogP contribution in [-0.2, 0) is 13.6 Å². The van der Waals surface area contributed by atoms with Crippen molar-refractivity contribution in [3.63, 3.8) is 0 Å². The maximum absolute atomic E-state index is 5.75. The van der Waals surface area contributed by atoms with Crippen LogP contribution in [0.4, 0.5) is 0 Å². The first kappa shape index (κ1) is 9.85. The summed E-state index contributed by atoms with van der Waals surface area (Å²) in [5, 5.41) is 0. The van der Waals surface area contributed by atoms with Gasteiger partial charge in [-0.2, -0.15) is 0 Å². The molecule has 0 radical (unpaired) electrons. The summed E-state index contributed by atoms with van der Waals surface area (Å²) in [4.78, 5) is 0. The quantitative estimate of drug-likeness (QED) is 0.647. The van der Waals surface area contributed by atoms with Gasteiger partial charge in [0.05, 0.1) is 19.3 Å². The fourth-order valence-corrected chi connectivity index (χ4v) is 3.19. The van der Waals surface area contributed by atoms with Gasteiger partial charge in [-0.25, -0.2) is 0 Å². The SMILES string of the molecule is CCOP1OC[C@@H]2CCCC[C@H]2O1. The van der Waals surface area contributed by atoms with Crippen molar-refractivity contribution in [1.29, 1.82) is 0 Å². The Hall–Kier alpha value is 0.310. The van der Waals surface area contributed by atoms with E-state index < -0.39 is 8.60 Å². The molecular formula is C9H17O3P. The van der Waals surface area contributed by atoms with Gasteiger partial charge in [-0.1, -0.05) is 12.8 Å². The van der Waals surface area contributed by atoms with E-state index in [1.54, 1.807) is 0 Å². The van der Waals surface area contributed by atoms with E-state index in [1.807, 2.05) is 6.92 Å². The highest BCUT2D eigenvalue weighted by Crippen LogP contribution is 2.49. The van der Waals surface area contributed by atoms with Crippen LogP contribution in [0.5, 0.6) is 0 Å². The van der Waals surface area contributed by atoms with Crippen LogP contribution < -0.4 is 0 Å². The van der Waals surface area contributed by atoms with Gasteiger partial charge in [-0.15, -0.1) is 0 Å². The lowest BCUT2D eigenvalue weighted by Crippen LogP contribution is -2.33. The van der Waals surface area contributed by atoms with Crippen LogP contribution in [-0.4, -0.2) is 19.3 Å². The third-order valence-electron chi connectivity index (χ3n) is 2.69. The zero-order valence-electron chi connectivity index (χ0n) is 8.07. The second-order valence-electron chi connectivity index (χ2n) is 3.63. The van der Waals surface area contributed by atoms with Crippen LogP contribution in [0.1, 0.15) is 32.6 Å². The average molecular weight is 204 g/mol. The van der Waals surface area contributed by atoms with Gasteiger partial charge in [0.15, 0.2) is 0 Å². The Bertz CT molecular complexity index is 165. The molecule has 3 atom stereocenters. The maximum Gasteiger partial charge on any atom is 0.332 e. The Balaban J connectivity index is 1.84. The van der Waals surface area contributed by atoms with Crippen molar-refractivity contribution in [1.82, 2.24) is 0 Å². The molecule has 1 aliphatic carbocycles. The summed E-state index contributed by atoms with van der Waals surface area (Å²) in [5.74, 6) is 0.632. The normalized spacial score (nSPS) is 39.9. The molecule has 0 bridgehead atoms. The van der Waals surface area contributed by atoms with E-state index in [2.05, 4.69) is 0 Å². The highest BCUT2D eigenvalue weighted by molar-refractivity contribution is 7.41. The van der Waals surface area contributed by atoms with Gasteiger partial charge in [-0.05, 0) is 19.8 Å². The molecule has 4 heteroatoms. The van der Waals surface area contributed by atoms with E-state index >= 15 is 0 Å². The van der Waals surface area contributed by atoms with E-state index in [4.69, 9.17) is 13.6 Å². The summed E-state index contributed by atoms with van der Waals surface area (Å²) in [6, 6.07) is 0. The third-order valence-corrected chi connectivity index (χ3v) is 3.96. The van der Waals surface area contributed by atoms with Crippen molar-refractivity contribution in [2.75, 3.05) is 13.2 Å². The molecule has 1 saturated heterocycles. The predicted octanol–water partition coefficient (Wildman–Crippen LogP) is 2.86. The standard InChI is InChI=1S/C9H17O3P/c1-2-10-13-11-7-8-5-3-4-6-9(8)12-13/h8-9H,2-7H2,1H3/t8-,9+,13?/m0/s1. The van der Waals surface area contributed by atoms with Gasteiger partial charge in [-0.3, -0.25) is 0 Å². The third kappa shape index (κ3) is 2.41. The molecule has 1 unspecified atom stereocenters. The minimum absolute atomic E-state index is 0.417. The van der Waals surface area contributed by atoms with Gasteiger partial charge in [0.2, 0.25) is 0 Å². The van der Waals surface area contributed by atoms with E-state index in [-0.39, 0.29) is 0 Å². The second kappa shape index (κ2) is 4.70. The minimum atomic E-state index is -1.02. The topological polar surface area (TPSA) is 27.7 Å². The van der Waals surface area contributed by atoms with Crippen LogP contribution >= 0.6 is 8.60 Å². The summed E-state index contributed by atoms with van der Waals surface area (Å²) in [7, 11) is -1.02. The Labute approximate surface area is 80.7 Å². The molecule has 1 aliphatic heterocycles. The van der Waals surface area contributed by atoms with Crippen LogP contribution in [0.15, 0.2) is 0 Å². The Morgan fingerprint density at radius 2 is 2.23 bits per heavy atom. The molecule has 0 aromatic carbocycles. The first-order chi connectivity index (χ1) is 6.40. The summed E-state index contributed by atoms with van der Waals surface area (Å²) in [6.07, 6.45) is 5.51. The number of hydrogen-bond donors (Lipinski definition) is 0. The lowest BCUT2D eigenvalue weighted by molar-refractivity contribution is -0.00715. The largest absolute Gasteiger partial charge is 0.332 e. The molecule has 0 amide bonds. The monoisotopic (exact) mass is 204 g/mol. The fraction of sp³-hybridized carbons (Fsp3) is 1.00. The van der Waals surface area contributed by atoms with Crippen molar-refractivity contribution in [3.8, 4) is 0 Å². The molecule has 1 heterocycles. The Morgan fingerprint density at radius 1 is 1.38 bits per heavy atom. The fourth-order valence-electron chi connectivity index (χ4n) is 1.97. The average Bonchev–Trinajstić information content (AvgIpc) is 2.18. The smallest absolute Gasteiger partial charge is 0.313 e. The summed E-state index contributed by atoms with van der Waals surface area (Å²) in [5.41, 5.74) is 0. The maximum atomic E-state index is 5.75. The van der Waals surface area contributed by atoms with Gasteiger partial charge >= 0.3 is 8.60 Å². The summed E-state index contributed by atoms with van der Waals surface area (Å²) >= 11 is 0. The Kier molecular flexibility index (Phi) is 3.56. The molecule has 3 nitrogen and oxygen atoms in total. The van der Waals surface area contributed by atoms with Crippen molar-refractivity contribution < 1.29 is 13.6 Å². The molecule has 76 valence electrons. The lowest BCUT2D eigenvalue weighted by Gasteiger charge is -2.37. The first-order valence-electron chi connectivity index (χ1n) is 5.13. The van der Waals surface area contributed by atoms with Crippen LogP contribution in [0, 0.1) is 5.92 Å². The highest BCUT2D eigenvalue weighted by atomic mass is 31.2. The summed E-state index contributed by atoms with van der Waals surface area (Å²) in [6.45, 7) is 3.50. The number of fused-ring (bicyclic) bond motifs is 1. The first-order valence-corrected chi connectivity index (χ1v) is 6.22. The van der Waals surface area contributed by atoms with Crippen molar-refractivity contribution in [3.05, 3.63) is 0 Å². The zero-order chi connectivity index (χ0) is 9.10. The van der Waals surface area contributed by atoms with E-state index in [9.17, 15) is 0 Å². The molecular weight excluding hydrogens is 187 g/mol. The van der Waals surface area contributed by atoms with E-state index in [0.29, 0.717) is 18.6 Å². The number of rotatable bonds is 2. The molecule has 0 N–H and O–H groups in total. The minimum Gasteiger partial charge on any atom is -0.313 e. The molecule has 0 aromatic rings. The molecule has 0 spiro atoms. The molecule has 2 aliphatic rings. The van der Waals surface area contributed by atoms with Crippen molar-refractivity contribution in [2.24, 2.45) is 5.92 Å².